The highest BCUT2D eigenvalue weighted by Crippen LogP contribution is 2.16. The van der Waals surface area contributed by atoms with Crippen molar-refractivity contribution in [2.45, 2.75) is 104 Å². The van der Waals surface area contributed by atoms with E-state index in [0.717, 1.165) is 36.7 Å². The molecular formula is C31H44BrN3O6. The van der Waals surface area contributed by atoms with Crippen molar-refractivity contribution in [2.75, 3.05) is 6.54 Å². The summed E-state index contributed by atoms with van der Waals surface area (Å²) < 4.78 is 11.2. The van der Waals surface area contributed by atoms with Crippen LogP contribution in [0.3, 0.4) is 0 Å². The van der Waals surface area contributed by atoms with Crippen LogP contribution in [0.25, 0.3) is 0 Å². The summed E-state index contributed by atoms with van der Waals surface area (Å²) in [6.07, 6.45) is 8.32. The first-order valence-corrected chi connectivity index (χ1v) is 14.7. The Morgan fingerprint density at radius 1 is 0.829 bits per heavy atom. The van der Waals surface area contributed by atoms with Crippen molar-refractivity contribution in [1.82, 2.24) is 14.9 Å². The van der Waals surface area contributed by atoms with E-state index in [1.165, 1.54) is 4.90 Å². The number of ether oxygens (including phenoxy) is 2. The van der Waals surface area contributed by atoms with Gasteiger partial charge >= 0.3 is 12.1 Å². The Kier molecular flexibility index (Phi) is 16.0. The molecule has 2 aromatic heterocycles. The van der Waals surface area contributed by atoms with Crippen molar-refractivity contribution in [2.24, 2.45) is 0 Å². The maximum atomic E-state index is 11.8. The maximum absolute atomic E-state index is 11.8. The van der Waals surface area contributed by atoms with Gasteiger partial charge in [-0.05, 0) is 107 Å². The Morgan fingerprint density at radius 3 is 1.93 bits per heavy atom. The number of carbonyl (C=O) groups excluding carboxylic acids is 4. The van der Waals surface area contributed by atoms with Crippen LogP contribution in [0.5, 0.6) is 0 Å². The zero-order valence-electron chi connectivity index (χ0n) is 25.2. The summed E-state index contributed by atoms with van der Waals surface area (Å²) in [6.45, 7) is 11.4. The molecule has 3 rings (SSSR count). The van der Waals surface area contributed by atoms with Crippen LogP contribution >= 0.6 is 15.9 Å². The summed E-state index contributed by atoms with van der Waals surface area (Å²) in [4.78, 5) is 55.2. The Bertz CT molecular complexity index is 1080. The van der Waals surface area contributed by atoms with Gasteiger partial charge in [-0.1, -0.05) is 18.6 Å². The van der Waals surface area contributed by atoms with Crippen LogP contribution in [-0.2, 0) is 19.1 Å². The molecule has 226 valence electrons. The minimum absolute atomic E-state index is 0.0582. The number of piperidine rings is 1. The lowest BCUT2D eigenvalue weighted by Gasteiger charge is -2.28. The quantitative estimate of drug-likeness (QED) is 0.135. The summed E-state index contributed by atoms with van der Waals surface area (Å²) in [7, 11) is 0. The van der Waals surface area contributed by atoms with Crippen LogP contribution < -0.4 is 0 Å². The third kappa shape index (κ3) is 18.0. The van der Waals surface area contributed by atoms with Crippen LogP contribution in [0.1, 0.15) is 103 Å². The van der Waals surface area contributed by atoms with Gasteiger partial charge in [-0.25, -0.2) is 14.7 Å². The molecule has 10 heteroatoms. The van der Waals surface area contributed by atoms with Gasteiger partial charge in [-0.2, -0.15) is 0 Å². The zero-order valence-corrected chi connectivity index (χ0v) is 26.7. The van der Waals surface area contributed by atoms with E-state index in [4.69, 9.17) is 9.47 Å². The zero-order chi connectivity index (χ0) is 30.9. The SMILES string of the molecule is Brc1ccccn1.CC(C)(C)OC(=O)CCCCCC(=O)c1ccccn1.CC(C)(C)OC(=O)N1CCCCC1=O. The van der Waals surface area contributed by atoms with Crippen LogP contribution in [-0.4, -0.2) is 56.4 Å². The molecule has 2 aromatic rings. The number of pyridine rings is 2. The van der Waals surface area contributed by atoms with Crippen molar-refractivity contribution >= 4 is 39.7 Å². The Morgan fingerprint density at radius 2 is 1.44 bits per heavy atom. The molecule has 41 heavy (non-hydrogen) atoms. The number of Topliss-reactive ketones (excluding diaryl/α,β-unsaturated/α-hetero) is 1. The summed E-state index contributed by atoms with van der Waals surface area (Å²) in [6, 6.07) is 11.0. The topological polar surface area (TPSA) is 116 Å². The lowest BCUT2D eigenvalue weighted by molar-refractivity contribution is -0.155. The number of hydrogen-bond donors (Lipinski definition) is 0. The number of ketones is 1. The predicted octanol–water partition coefficient (Wildman–Crippen LogP) is 7.33. The first-order valence-electron chi connectivity index (χ1n) is 13.9. The molecule has 3 heterocycles. The molecule has 0 N–H and O–H groups in total. The van der Waals surface area contributed by atoms with Gasteiger partial charge in [-0.15, -0.1) is 0 Å². The minimum Gasteiger partial charge on any atom is -0.460 e. The molecule has 0 unspecified atom stereocenters. The summed E-state index contributed by atoms with van der Waals surface area (Å²) in [5, 5.41) is 0. The van der Waals surface area contributed by atoms with Crippen molar-refractivity contribution in [3.8, 4) is 0 Å². The third-order valence-corrected chi connectivity index (χ3v) is 5.69. The number of nitrogens with zero attached hydrogens (tertiary/aromatic N) is 3. The van der Waals surface area contributed by atoms with E-state index in [9.17, 15) is 19.2 Å². The minimum atomic E-state index is -0.533. The highest BCUT2D eigenvalue weighted by atomic mass is 79.9. The molecule has 0 bridgehead atoms. The predicted molar refractivity (Wildman–Crippen MR) is 161 cm³/mol. The standard InChI is InChI=1S/C16H23NO3.C10H17NO3.C5H4BrN/c1-16(2,3)20-15(19)11-6-4-5-10-14(18)13-9-7-8-12-17-13;1-10(2,3)14-9(13)11-7-5-4-6-8(11)12;6-5-3-1-2-4-7-5/h7-9,12H,4-6,10-11H2,1-3H3;4-7H2,1-3H3;1-4H. The number of amides is 2. The number of unbranched alkanes of at least 4 members (excludes halogenated alkanes) is 2. The molecule has 1 aliphatic rings. The van der Waals surface area contributed by atoms with Gasteiger partial charge in [0.1, 0.15) is 21.5 Å². The average molecular weight is 635 g/mol. The van der Waals surface area contributed by atoms with Crippen LogP contribution in [0.4, 0.5) is 4.79 Å². The van der Waals surface area contributed by atoms with Crippen LogP contribution in [0.2, 0.25) is 0 Å². The first kappa shape index (κ1) is 35.9. The van der Waals surface area contributed by atoms with E-state index < -0.39 is 17.3 Å². The van der Waals surface area contributed by atoms with E-state index in [1.807, 2.05) is 45.0 Å². The molecule has 9 nitrogen and oxygen atoms in total. The average Bonchev–Trinajstić information content (AvgIpc) is 2.88. The molecule has 0 aliphatic carbocycles. The molecule has 2 amide bonds. The van der Waals surface area contributed by atoms with Gasteiger partial charge < -0.3 is 9.47 Å². The fourth-order valence-electron chi connectivity index (χ4n) is 3.44. The molecule has 1 fully saturated rings. The second-order valence-electron chi connectivity index (χ2n) is 11.4. The van der Waals surface area contributed by atoms with Crippen molar-refractivity contribution in [3.05, 3.63) is 59.1 Å². The Labute approximate surface area is 252 Å². The second-order valence-corrected chi connectivity index (χ2v) is 12.2. The molecule has 0 radical (unpaired) electrons. The number of esters is 1. The maximum Gasteiger partial charge on any atom is 0.417 e. The number of rotatable bonds is 7. The van der Waals surface area contributed by atoms with E-state index >= 15 is 0 Å². The Balaban J connectivity index is 0.000000344. The number of imide groups is 1. The van der Waals surface area contributed by atoms with Gasteiger partial charge in [0.15, 0.2) is 5.78 Å². The molecule has 0 saturated carbocycles. The van der Waals surface area contributed by atoms with Crippen molar-refractivity contribution in [1.29, 1.82) is 0 Å². The normalized spacial score (nSPS) is 13.1. The lowest BCUT2D eigenvalue weighted by atomic mass is 10.1. The number of likely N-dealkylation sites (tertiary alicyclic amines) is 1. The van der Waals surface area contributed by atoms with E-state index in [1.54, 1.807) is 45.3 Å². The fraction of sp³-hybridized carbons (Fsp3) is 0.548. The highest BCUT2D eigenvalue weighted by Gasteiger charge is 2.28. The number of halogens is 1. The molecule has 0 atom stereocenters. The Hall–Kier alpha value is -3.14. The summed E-state index contributed by atoms with van der Waals surface area (Å²) in [5.41, 5.74) is -0.444. The molecule has 0 spiro atoms. The first-order chi connectivity index (χ1) is 19.2. The largest absolute Gasteiger partial charge is 0.460 e. The van der Waals surface area contributed by atoms with Gasteiger partial charge in [0.05, 0.1) is 0 Å². The molecular weight excluding hydrogens is 590 g/mol. The summed E-state index contributed by atoms with van der Waals surface area (Å²) >= 11 is 3.20. The van der Waals surface area contributed by atoms with Gasteiger partial charge in [0.25, 0.3) is 0 Å². The number of aromatic nitrogens is 2. The highest BCUT2D eigenvalue weighted by molar-refractivity contribution is 9.10. The van der Waals surface area contributed by atoms with Gasteiger partial charge in [0.2, 0.25) is 5.91 Å². The fourth-order valence-corrected chi connectivity index (χ4v) is 3.71. The molecule has 1 saturated heterocycles. The van der Waals surface area contributed by atoms with Crippen LogP contribution in [0.15, 0.2) is 53.4 Å². The van der Waals surface area contributed by atoms with E-state index in [2.05, 4.69) is 25.9 Å². The summed E-state index contributed by atoms with van der Waals surface area (Å²) in [5.74, 6) is -0.234. The van der Waals surface area contributed by atoms with E-state index in [-0.39, 0.29) is 17.7 Å². The third-order valence-electron chi connectivity index (χ3n) is 5.22. The smallest absolute Gasteiger partial charge is 0.417 e. The number of hydrogen-bond acceptors (Lipinski definition) is 8. The van der Waals surface area contributed by atoms with Crippen molar-refractivity contribution in [3.63, 3.8) is 0 Å². The van der Waals surface area contributed by atoms with E-state index in [0.29, 0.717) is 31.5 Å². The second kappa shape index (κ2) is 18.3. The molecule has 1 aliphatic heterocycles. The molecule has 0 aromatic carbocycles. The van der Waals surface area contributed by atoms with Crippen LogP contribution in [0, 0.1) is 0 Å². The van der Waals surface area contributed by atoms with Gasteiger partial charge in [0, 0.05) is 38.2 Å². The van der Waals surface area contributed by atoms with Crippen molar-refractivity contribution < 1.29 is 28.7 Å². The van der Waals surface area contributed by atoms with Gasteiger partial charge in [-0.3, -0.25) is 19.4 Å². The number of carbonyl (C=O) groups is 4. The monoisotopic (exact) mass is 633 g/mol. The lowest BCUT2D eigenvalue weighted by Crippen LogP contribution is -2.43.